The predicted molar refractivity (Wildman–Crippen MR) is 57.9 cm³/mol. The molecule has 1 aromatic heterocycles. The lowest BCUT2D eigenvalue weighted by Crippen LogP contribution is -1.95. The first-order chi connectivity index (χ1) is 6.34. The number of rotatable bonds is 3. The molecule has 1 heterocycles. The van der Waals surface area contributed by atoms with Gasteiger partial charge in [0.25, 0.3) is 0 Å². The van der Waals surface area contributed by atoms with Crippen molar-refractivity contribution in [1.82, 2.24) is 10.2 Å². The fourth-order valence-electron chi connectivity index (χ4n) is 1.96. The molecular weight excluding hydrogens is 248 g/mol. The molecule has 1 saturated carbocycles. The second-order valence-electron chi connectivity index (χ2n) is 3.64. The van der Waals surface area contributed by atoms with Gasteiger partial charge in [-0.05, 0) is 28.3 Å². The minimum absolute atomic E-state index is 0.911. The van der Waals surface area contributed by atoms with E-state index in [1.165, 1.54) is 37.1 Å². The Morgan fingerprint density at radius 2 is 2.08 bits per heavy atom. The molecule has 0 radical (unpaired) electrons. The summed E-state index contributed by atoms with van der Waals surface area (Å²) in [6.07, 6.45) is 8.16. The summed E-state index contributed by atoms with van der Waals surface area (Å²) in [6.45, 7) is 0. The first kappa shape index (κ1) is 9.59. The molecule has 4 heteroatoms. The van der Waals surface area contributed by atoms with E-state index < -0.39 is 0 Å². The summed E-state index contributed by atoms with van der Waals surface area (Å²) in [4.78, 5) is 0. The molecule has 0 amide bonds. The zero-order valence-electron chi connectivity index (χ0n) is 7.50. The van der Waals surface area contributed by atoms with Crippen molar-refractivity contribution in [2.75, 3.05) is 0 Å². The Hall–Kier alpha value is 0.0400. The first-order valence-electron chi connectivity index (χ1n) is 4.82. The largest absolute Gasteiger partial charge is 0.183 e. The lowest BCUT2D eigenvalue weighted by atomic mass is 10.0. The van der Waals surface area contributed by atoms with Crippen LogP contribution < -0.4 is 0 Å². The monoisotopic (exact) mass is 260 g/mol. The van der Waals surface area contributed by atoms with Gasteiger partial charge in [0.2, 0.25) is 0 Å². The number of aryl methyl sites for hydroxylation is 1. The molecular formula is C9H13BrN2S. The van der Waals surface area contributed by atoms with E-state index in [2.05, 4.69) is 26.1 Å². The maximum Gasteiger partial charge on any atom is 0.183 e. The van der Waals surface area contributed by atoms with Crippen LogP contribution in [0.25, 0.3) is 0 Å². The van der Waals surface area contributed by atoms with Gasteiger partial charge in [-0.2, -0.15) is 0 Å². The first-order valence-corrected chi connectivity index (χ1v) is 6.43. The summed E-state index contributed by atoms with van der Waals surface area (Å²) in [5, 5.41) is 9.22. The van der Waals surface area contributed by atoms with Crippen LogP contribution in [-0.2, 0) is 6.42 Å². The van der Waals surface area contributed by atoms with E-state index in [1.54, 1.807) is 11.3 Å². The highest BCUT2D eigenvalue weighted by molar-refractivity contribution is 9.11. The molecule has 1 aliphatic carbocycles. The molecule has 1 fully saturated rings. The van der Waals surface area contributed by atoms with Crippen LogP contribution in [0.3, 0.4) is 0 Å². The van der Waals surface area contributed by atoms with Crippen LogP contribution in [-0.4, -0.2) is 10.2 Å². The van der Waals surface area contributed by atoms with Crippen molar-refractivity contribution in [3.05, 3.63) is 8.92 Å². The van der Waals surface area contributed by atoms with Crippen molar-refractivity contribution in [1.29, 1.82) is 0 Å². The lowest BCUT2D eigenvalue weighted by molar-refractivity contribution is 0.502. The predicted octanol–water partition coefficient (Wildman–Crippen LogP) is 3.42. The Bertz CT molecular complexity index is 268. The Labute approximate surface area is 90.9 Å². The minimum Gasteiger partial charge on any atom is -0.143 e. The van der Waals surface area contributed by atoms with E-state index in [9.17, 15) is 0 Å². The van der Waals surface area contributed by atoms with Gasteiger partial charge in [-0.25, -0.2) is 0 Å². The van der Waals surface area contributed by atoms with Crippen LogP contribution in [0.15, 0.2) is 3.92 Å². The SMILES string of the molecule is Brc1nnc(CCC2CCCC2)s1. The molecule has 1 aromatic rings. The van der Waals surface area contributed by atoms with Crippen molar-refractivity contribution in [2.45, 2.75) is 38.5 Å². The number of halogens is 1. The van der Waals surface area contributed by atoms with Gasteiger partial charge in [0.15, 0.2) is 3.92 Å². The van der Waals surface area contributed by atoms with E-state index in [4.69, 9.17) is 0 Å². The zero-order valence-corrected chi connectivity index (χ0v) is 9.90. The number of hydrogen-bond donors (Lipinski definition) is 0. The molecule has 0 N–H and O–H groups in total. The van der Waals surface area contributed by atoms with Gasteiger partial charge in [-0.1, -0.05) is 37.0 Å². The zero-order chi connectivity index (χ0) is 9.10. The molecule has 13 heavy (non-hydrogen) atoms. The molecule has 0 unspecified atom stereocenters. The van der Waals surface area contributed by atoms with Crippen LogP contribution in [0.1, 0.15) is 37.1 Å². The third-order valence-corrected chi connectivity index (χ3v) is 4.10. The Morgan fingerprint density at radius 3 is 2.69 bits per heavy atom. The summed E-state index contributed by atoms with van der Waals surface area (Å²) >= 11 is 5.00. The van der Waals surface area contributed by atoms with Crippen LogP contribution in [0.2, 0.25) is 0 Å². The topological polar surface area (TPSA) is 25.8 Å². The fraction of sp³-hybridized carbons (Fsp3) is 0.778. The molecule has 72 valence electrons. The van der Waals surface area contributed by atoms with Crippen molar-refractivity contribution in [3.63, 3.8) is 0 Å². The highest BCUT2D eigenvalue weighted by atomic mass is 79.9. The lowest BCUT2D eigenvalue weighted by Gasteiger charge is -2.05. The fourth-order valence-corrected chi connectivity index (χ4v) is 3.18. The Kier molecular flexibility index (Phi) is 3.33. The molecule has 2 nitrogen and oxygen atoms in total. The maximum atomic E-state index is 4.10. The van der Waals surface area contributed by atoms with Crippen molar-refractivity contribution >= 4 is 27.3 Å². The van der Waals surface area contributed by atoms with Crippen LogP contribution in [0.5, 0.6) is 0 Å². The van der Waals surface area contributed by atoms with E-state index >= 15 is 0 Å². The number of hydrogen-bond acceptors (Lipinski definition) is 3. The molecule has 0 spiro atoms. The summed E-state index contributed by atoms with van der Waals surface area (Å²) < 4.78 is 0.911. The molecule has 1 aliphatic rings. The molecule has 0 saturated heterocycles. The third-order valence-electron chi connectivity index (χ3n) is 2.68. The van der Waals surface area contributed by atoms with Gasteiger partial charge >= 0.3 is 0 Å². The summed E-state index contributed by atoms with van der Waals surface area (Å²) in [5.41, 5.74) is 0. The normalized spacial score (nSPS) is 18.2. The molecule has 0 aromatic carbocycles. The molecule has 0 atom stereocenters. The van der Waals surface area contributed by atoms with E-state index in [1.807, 2.05) is 0 Å². The highest BCUT2D eigenvalue weighted by Gasteiger charge is 2.15. The maximum absolute atomic E-state index is 4.10. The number of nitrogens with zero attached hydrogens (tertiary/aromatic N) is 2. The molecule has 0 aliphatic heterocycles. The highest BCUT2D eigenvalue weighted by Crippen LogP contribution is 2.29. The third kappa shape index (κ3) is 2.74. The molecule has 2 rings (SSSR count). The second kappa shape index (κ2) is 4.51. The van der Waals surface area contributed by atoms with Crippen molar-refractivity contribution < 1.29 is 0 Å². The Balaban J connectivity index is 1.78. The molecule has 0 bridgehead atoms. The van der Waals surface area contributed by atoms with Crippen LogP contribution in [0.4, 0.5) is 0 Å². The Morgan fingerprint density at radius 1 is 1.31 bits per heavy atom. The van der Waals surface area contributed by atoms with Gasteiger partial charge in [0, 0.05) is 6.42 Å². The van der Waals surface area contributed by atoms with Crippen LogP contribution in [0, 0.1) is 5.92 Å². The van der Waals surface area contributed by atoms with Gasteiger partial charge in [-0.15, -0.1) is 10.2 Å². The smallest absolute Gasteiger partial charge is 0.143 e. The number of aromatic nitrogens is 2. The standard InChI is InChI=1S/C9H13BrN2S/c10-9-12-11-8(13-9)6-5-7-3-1-2-4-7/h7H,1-6H2. The van der Waals surface area contributed by atoms with Gasteiger partial charge < -0.3 is 0 Å². The average molecular weight is 261 g/mol. The minimum atomic E-state index is 0.911. The summed E-state index contributed by atoms with van der Waals surface area (Å²) in [6, 6.07) is 0. The van der Waals surface area contributed by atoms with Gasteiger partial charge in [0.1, 0.15) is 5.01 Å². The van der Waals surface area contributed by atoms with E-state index in [0.717, 1.165) is 16.3 Å². The summed E-state index contributed by atoms with van der Waals surface area (Å²) in [5.74, 6) is 0.961. The summed E-state index contributed by atoms with van der Waals surface area (Å²) in [7, 11) is 0. The van der Waals surface area contributed by atoms with Crippen LogP contribution >= 0.6 is 27.3 Å². The average Bonchev–Trinajstić information content (AvgIpc) is 2.71. The van der Waals surface area contributed by atoms with Gasteiger partial charge in [0.05, 0.1) is 0 Å². The second-order valence-corrected chi connectivity index (χ2v) is 5.98. The van der Waals surface area contributed by atoms with Crippen molar-refractivity contribution in [3.8, 4) is 0 Å². The quantitative estimate of drug-likeness (QED) is 0.833. The van der Waals surface area contributed by atoms with E-state index in [0.29, 0.717) is 0 Å². The van der Waals surface area contributed by atoms with Gasteiger partial charge in [-0.3, -0.25) is 0 Å². The van der Waals surface area contributed by atoms with Crippen molar-refractivity contribution in [2.24, 2.45) is 5.92 Å². The van der Waals surface area contributed by atoms with E-state index in [-0.39, 0.29) is 0 Å².